The summed E-state index contributed by atoms with van der Waals surface area (Å²) < 4.78 is 5.44. The minimum absolute atomic E-state index is 0.0122. The Kier molecular flexibility index (Phi) is 3.72. The molecule has 0 saturated heterocycles. The largest absolute Gasteiger partial charge is 0.490 e. The number of rotatable bonds is 3. The molecule has 1 aromatic carbocycles. The van der Waals surface area contributed by atoms with Crippen LogP contribution in [0.3, 0.4) is 0 Å². The zero-order valence-corrected chi connectivity index (χ0v) is 9.14. The molecule has 0 aliphatic carbocycles. The smallest absolute Gasteiger partial charge is 0.170 e. The van der Waals surface area contributed by atoms with Gasteiger partial charge in [0.25, 0.3) is 0 Å². The van der Waals surface area contributed by atoms with Crippen molar-refractivity contribution in [2.24, 2.45) is 10.9 Å². The summed E-state index contributed by atoms with van der Waals surface area (Å²) in [5, 5.41) is 20.3. The molecule has 0 heterocycles. The number of nitrogens with zero attached hydrogens (tertiary/aromatic N) is 2. The first-order valence-electron chi connectivity index (χ1n) is 4.77. The molecule has 0 saturated carbocycles. The molecule has 84 valence electrons. The van der Waals surface area contributed by atoms with Crippen LogP contribution in [0.4, 0.5) is 0 Å². The summed E-state index contributed by atoms with van der Waals surface area (Å²) in [5.74, 6) is 0.458. The fraction of sp³-hybridized carbons (Fsp3) is 0.273. The van der Waals surface area contributed by atoms with Crippen molar-refractivity contribution >= 4 is 5.84 Å². The molecule has 0 spiro atoms. The van der Waals surface area contributed by atoms with E-state index in [0.717, 1.165) is 0 Å². The van der Waals surface area contributed by atoms with Crippen molar-refractivity contribution in [1.82, 2.24) is 0 Å². The SMILES string of the molecule is CC(C)Oc1ccc(/C(N)=N\O)cc1C#N. The van der Waals surface area contributed by atoms with Crippen LogP contribution in [0.5, 0.6) is 5.75 Å². The molecular formula is C11H13N3O2. The molecule has 1 aromatic rings. The van der Waals surface area contributed by atoms with Crippen molar-refractivity contribution in [3.8, 4) is 11.8 Å². The highest BCUT2D eigenvalue weighted by atomic mass is 16.5. The second-order valence-electron chi connectivity index (χ2n) is 3.47. The predicted molar refractivity (Wildman–Crippen MR) is 59.4 cm³/mol. The van der Waals surface area contributed by atoms with E-state index in [0.29, 0.717) is 16.9 Å². The van der Waals surface area contributed by atoms with Gasteiger partial charge in [0.2, 0.25) is 0 Å². The average molecular weight is 219 g/mol. The van der Waals surface area contributed by atoms with Gasteiger partial charge in [-0.25, -0.2) is 0 Å². The van der Waals surface area contributed by atoms with Crippen molar-refractivity contribution in [3.63, 3.8) is 0 Å². The molecule has 3 N–H and O–H groups in total. The Hall–Kier alpha value is -2.22. The van der Waals surface area contributed by atoms with Crippen molar-refractivity contribution in [2.45, 2.75) is 20.0 Å². The first kappa shape index (κ1) is 11.9. The Bertz CT molecular complexity index is 447. The lowest BCUT2D eigenvalue weighted by molar-refractivity contribution is 0.241. The molecule has 0 atom stereocenters. The first-order valence-corrected chi connectivity index (χ1v) is 4.77. The number of ether oxygens (including phenoxy) is 1. The third-order valence-corrected chi connectivity index (χ3v) is 1.87. The standard InChI is InChI=1S/C11H13N3O2/c1-7(2)16-10-4-3-8(11(13)14-15)5-9(10)6-12/h3-5,7,15H,1-2H3,(H2,13,14). The summed E-state index contributed by atoms with van der Waals surface area (Å²) in [4.78, 5) is 0. The Balaban J connectivity index is 3.13. The maximum atomic E-state index is 8.94. The fourth-order valence-electron chi connectivity index (χ4n) is 1.19. The minimum atomic E-state index is -0.0346. The van der Waals surface area contributed by atoms with Crippen LogP contribution in [0.1, 0.15) is 25.0 Å². The van der Waals surface area contributed by atoms with Gasteiger partial charge in [0, 0.05) is 5.56 Å². The van der Waals surface area contributed by atoms with Crippen molar-refractivity contribution in [2.75, 3.05) is 0 Å². The summed E-state index contributed by atoms with van der Waals surface area (Å²) in [6.45, 7) is 3.75. The normalized spacial score (nSPS) is 11.2. The molecule has 5 nitrogen and oxygen atoms in total. The van der Waals surface area contributed by atoms with Gasteiger partial charge in [-0.1, -0.05) is 5.16 Å². The molecule has 0 fully saturated rings. The van der Waals surface area contributed by atoms with Gasteiger partial charge in [0.15, 0.2) is 5.84 Å². The predicted octanol–water partition coefficient (Wildman–Crippen LogP) is 1.44. The number of hydrogen-bond acceptors (Lipinski definition) is 4. The number of amidine groups is 1. The van der Waals surface area contributed by atoms with Crippen LogP contribution in [0.25, 0.3) is 0 Å². The van der Waals surface area contributed by atoms with Gasteiger partial charge >= 0.3 is 0 Å². The summed E-state index contributed by atoms with van der Waals surface area (Å²) >= 11 is 0. The van der Waals surface area contributed by atoms with E-state index in [9.17, 15) is 0 Å². The number of nitriles is 1. The van der Waals surface area contributed by atoms with E-state index in [2.05, 4.69) is 5.16 Å². The molecule has 0 aliphatic rings. The highest BCUT2D eigenvalue weighted by molar-refractivity contribution is 5.97. The Morgan fingerprint density at radius 3 is 2.75 bits per heavy atom. The van der Waals surface area contributed by atoms with Gasteiger partial charge in [-0.05, 0) is 32.0 Å². The maximum Gasteiger partial charge on any atom is 0.170 e. The van der Waals surface area contributed by atoms with Crippen molar-refractivity contribution < 1.29 is 9.94 Å². The lowest BCUT2D eigenvalue weighted by Gasteiger charge is -2.11. The number of benzene rings is 1. The van der Waals surface area contributed by atoms with E-state index in [1.807, 2.05) is 19.9 Å². The zero-order chi connectivity index (χ0) is 12.1. The third kappa shape index (κ3) is 2.64. The lowest BCUT2D eigenvalue weighted by atomic mass is 10.1. The number of oxime groups is 1. The Morgan fingerprint density at radius 1 is 1.56 bits per heavy atom. The van der Waals surface area contributed by atoms with E-state index in [1.165, 1.54) is 6.07 Å². The first-order chi connectivity index (χ1) is 7.58. The number of hydrogen-bond donors (Lipinski definition) is 2. The lowest BCUT2D eigenvalue weighted by Crippen LogP contribution is -2.14. The Morgan fingerprint density at radius 2 is 2.25 bits per heavy atom. The van der Waals surface area contributed by atoms with Gasteiger partial charge in [-0.15, -0.1) is 0 Å². The summed E-state index contributed by atoms with van der Waals surface area (Å²) in [6.07, 6.45) is -0.0122. The van der Waals surface area contributed by atoms with E-state index >= 15 is 0 Å². The summed E-state index contributed by atoms with van der Waals surface area (Å²) in [7, 11) is 0. The molecule has 1 rings (SSSR count). The molecule has 0 bridgehead atoms. The maximum absolute atomic E-state index is 8.94. The molecule has 5 heteroatoms. The van der Waals surface area contributed by atoms with E-state index < -0.39 is 0 Å². The van der Waals surface area contributed by atoms with Crippen LogP contribution >= 0.6 is 0 Å². The second kappa shape index (κ2) is 5.03. The van der Waals surface area contributed by atoms with Crippen molar-refractivity contribution in [1.29, 1.82) is 5.26 Å². The quantitative estimate of drug-likeness (QED) is 0.348. The summed E-state index contributed by atoms with van der Waals surface area (Å²) in [5.41, 5.74) is 6.26. The number of nitrogens with two attached hydrogens (primary N) is 1. The van der Waals surface area contributed by atoms with Gasteiger partial charge < -0.3 is 15.7 Å². The molecular weight excluding hydrogens is 206 g/mol. The fourth-order valence-corrected chi connectivity index (χ4v) is 1.19. The molecule has 0 radical (unpaired) electrons. The molecule has 0 unspecified atom stereocenters. The van der Waals surface area contributed by atoms with Crippen LogP contribution in [-0.4, -0.2) is 17.1 Å². The monoisotopic (exact) mass is 219 g/mol. The van der Waals surface area contributed by atoms with Crippen molar-refractivity contribution in [3.05, 3.63) is 29.3 Å². The van der Waals surface area contributed by atoms with Crippen LogP contribution in [-0.2, 0) is 0 Å². The zero-order valence-electron chi connectivity index (χ0n) is 9.14. The van der Waals surface area contributed by atoms with Crippen LogP contribution in [0.2, 0.25) is 0 Å². The van der Waals surface area contributed by atoms with E-state index in [1.54, 1.807) is 12.1 Å². The molecule has 0 aliphatic heterocycles. The Labute approximate surface area is 93.7 Å². The molecule has 0 aromatic heterocycles. The third-order valence-electron chi connectivity index (χ3n) is 1.87. The van der Waals surface area contributed by atoms with Gasteiger partial charge in [0.05, 0.1) is 11.7 Å². The van der Waals surface area contributed by atoms with Crippen LogP contribution in [0.15, 0.2) is 23.4 Å². The van der Waals surface area contributed by atoms with E-state index in [-0.39, 0.29) is 11.9 Å². The highest BCUT2D eigenvalue weighted by Crippen LogP contribution is 2.20. The van der Waals surface area contributed by atoms with Gasteiger partial charge in [-0.3, -0.25) is 0 Å². The molecule has 16 heavy (non-hydrogen) atoms. The highest BCUT2D eigenvalue weighted by Gasteiger charge is 2.08. The van der Waals surface area contributed by atoms with E-state index in [4.69, 9.17) is 20.9 Å². The topological polar surface area (TPSA) is 91.6 Å². The summed E-state index contributed by atoms with van der Waals surface area (Å²) in [6, 6.07) is 6.79. The van der Waals surface area contributed by atoms with Crippen LogP contribution < -0.4 is 10.5 Å². The second-order valence-corrected chi connectivity index (χ2v) is 3.47. The van der Waals surface area contributed by atoms with Gasteiger partial charge in [0.1, 0.15) is 11.8 Å². The average Bonchev–Trinajstić information content (AvgIpc) is 2.27. The molecule has 0 amide bonds. The van der Waals surface area contributed by atoms with Crippen LogP contribution in [0, 0.1) is 11.3 Å². The minimum Gasteiger partial charge on any atom is -0.490 e. The van der Waals surface area contributed by atoms with Gasteiger partial charge in [-0.2, -0.15) is 5.26 Å².